The molecule has 0 aromatic carbocycles. The van der Waals surface area contributed by atoms with Crippen LogP contribution in [0.3, 0.4) is 0 Å². The van der Waals surface area contributed by atoms with E-state index in [-0.39, 0.29) is 5.92 Å². The lowest BCUT2D eigenvalue weighted by atomic mass is 9.88. The number of hydrogen-bond acceptors (Lipinski definition) is 2. The van der Waals surface area contributed by atoms with E-state index in [0.29, 0.717) is 5.92 Å². The molecular formula is C9H17F2NO. The van der Waals surface area contributed by atoms with Crippen LogP contribution >= 0.6 is 0 Å². The summed E-state index contributed by atoms with van der Waals surface area (Å²) in [5.74, 6) is -2.99. The lowest BCUT2D eigenvalue weighted by Gasteiger charge is -2.33. The van der Waals surface area contributed by atoms with Crippen LogP contribution in [-0.2, 0) is 0 Å². The van der Waals surface area contributed by atoms with Crippen LogP contribution in [0.1, 0.15) is 26.7 Å². The van der Waals surface area contributed by atoms with E-state index in [2.05, 4.69) is 0 Å². The number of rotatable bonds is 4. The van der Waals surface area contributed by atoms with Crippen molar-refractivity contribution < 1.29 is 13.9 Å². The minimum Gasteiger partial charge on any atom is -0.390 e. The van der Waals surface area contributed by atoms with Gasteiger partial charge in [-0.25, -0.2) is 8.78 Å². The van der Waals surface area contributed by atoms with Gasteiger partial charge < -0.3 is 10.8 Å². The van der Waals surface area contributed by atoms with Crippen molar-refractivity contribution in [2.45, 2.75) is 38.2 Å². The molecule has 0 bridgehead atoms. The second-order valence-corrected chi connectivity index (χ2v) is 4.16. The van der Waals surface area contributed by atoms with Crippen molar-refractivity contribution >= 4 is 0 Å². The summed E-state index contributed by atoms with van der Waals surface area (Å²) in [5.41, 5.74) is 4.01. The summed E-state index contributed by atoms with van der Waals surface area (Å²) >= 11 is 0. The normalized spacial score (nSPS) is 32.8. The summed E-state index contributed by atoms with van der Waals surface area (Å²) in [6.07, 6.45) is 1.65. The lowest BCUT2D eigenvalue weighted by molar-refractivity contribution is -0.113. The molecule has 0 aromatic heterocycles. The predicted octanol–water partition coefficient (Wildman–Crippen LogP) is 1.38. The largest absolute Gasteiger partial charge is 0.390 e. The van der Waals surface area contributed by atoms with Gasteiger partial charge in [-0.15, -0.1) is 0 Å². The smallest absolute Gasteiger partial charge is 0.288 e. The molecule has 0 aliphatic heterocycles. The Labute approximate surface area is 77.1 Å². The summed E-state index contributed by atoms with van der Waals surface area (Å²) in [4.78, 5) is 0. The summed E-state index contributed by atoms with van der Waals surface area (Å²) in [5, 5.41) is 8.54. The average molecular weight is 193 g/mol. The molecule has 13 heavy (non-hydrogen) atoms. The van der Waals surface area contributed by atoms with E-state index in [4.69, 9.17) is 10.8 Å². The Hall–Kier alpha value is -0.220. The molecule has 3 atom stereocenters. The Bertz CT molecular complexity index is 194. The minimum atomic E-state index is -3.17. The molecule has 0 radical (unpaired) electrons. The van der Waals surface area contributed by atoms with Crippen LogP contribution in [0.2, 0.25) is 0 Å². The fraction of sp³-hybridized carbons (Fsp3) is 1.00. The summed E-state index contributed by atoms with van der Waals surface area (Å²) in [6.45, 7) is 2.15. The van der Waals surface area contributed by atoms with Crippen molar-refractivity contribution in [3.8, 4) is 0 Å². The Kier molecular flexibility index (Phi) is 2.65. The van der Waals surface area contributed by atoms with Crippen LogP contribution < -0.4 is 5.73 Å². The van der Waals surface area contributed by atoms with Gasteiger partial charge in [0.25, 0.3) is 5.92 Å². The van der Waals surface area contributed by atoms with Crippen LogP contribution in [0.5, 0.6) is 0 Å². The topological polar surface area (TPSA) is 46.2 Å². The fourth-order valence-electron chi connectivity index (χ4n) is 1.87. The molecule has 0 saturated heterocycles. The maximum atomic E-state index is 13.2. The molecule has 3 N–H and O–H groups in total. The van der Waals surface area contributed by atoms with Crippen molar-refractivity contribution in [3.05, 3.63) is 0 Å². The first-order valence-corrected chi connectivity index (χ1v) is 4.64. The second kappa shape index (κ2) is 3.17. The molecule has 78 valence electrons. The molecule has 1 fully saturated rings. The number of nitrogens with two attached hydrogens (primary N) is 1. The second-order valence-electron chi connectivity index (χ2n) is 4.16. The highest BCUT2D eigenvalue weighted by Crippen LogP contribution is 2.51. The molecular weight excluding hydrogens is 176 g/mol. The molecule has 0 spiro atoms. The molecule has 0 aromatic rings. The van der Waals surface area contributed by atoms with Crippen molar-refractivity contribution in [1.29, 1.82) is 0 Å². The van der Waals surface area contributed by atoms with Crippen LogP contribution in [0, 0.1) is 11.8 Å². The Balaban J connectivity index is 2.66. The quantitative estimate of drug-likeness (QED) is 0.708. The van der Waals surface area contributed by atoms with Crippen LogP contribution in [-0.4, -0.2) is 23.2 Å². The van der Waals surface area contributed by atoms with E-state index in [1.165, 1.54) is 6.92 Å². The van der Waals surface area contributed by atoms with E-state index in [1.54, 1.807) is 0 Å². The molecule has 1 aliphatic rings. The molecule has 0 amide bonds. The van der Waals surface area contributed by atoms with Gasteiger partial charge in [0.1, 0.15) is 6.61 Å². The van der Waals surface area contributed by atoms with Crippen molar-refractivity contribution in [2.75, 3.05) is 6.61 Å². The van der Waals surface area contributed by atoms with Gasteiger partial charge in [0.2, 0.25) is 0 Å². The number of aliphatic hydroxyl groups excluding tert-OH is 1. The van der Waals surface area contributed by atoms with E-state index in [1.807, 2.05) is 6.92 Å². The highest BCUT2D eigenvalue weighted by Gasteiger charge is 2.59. The van der Waals surface area contributed by atoms with Crippen molar-refractivity contribution in [1.82, 2.24) is 0 Å². The molecule has 1 aliphatic carbocycles. The fourth-order valence-corrected chi connectivity index (χ4v) is 1.87. The number of alkyl halides is 2. The molecule has 1 rings (SSSR count). The predicted molar refractivity (Wildman–Crippen MR) is 46.5 cm³/mol. The van der Waals surface area contributed by atoms with E-state index < -0.39 is 18.1 Å². The van der Waals surface area contributed by atoms with Gasteiger partial charge in [-0.2, -0.15) is 0 Å². The number of halogens is 2. The van der Waals surface area contributed by atoms with Gasteiger partial charge in [0.05, 0.1) is 5.54 Å². The van der Waals surface area contributed by atoms with Crippen LogP contribution in [0.25, 0.3) is 0 Å². The molecule has 2 nitrogen and oxygen atoms in total. The Morgan fingerprint density at radius 3 is 2.38 bits per heavy atom. The average Bonchev–Trinajstić information content (AvgIpc) is 2.82. The zero-order valence-electron chi connectivity index (χ0n) is 8.06. The summed E-state index contributed by atoms with van der Waals surface area (Å²) < 4.78 is 26.3. The standard InChI is InChI=1S/C9H17F2NO/c1-3-6-4-7(6)8(2,12)9(10,11)5-13/h6-7,13H,3-5,12H2,1-2H3/t6-,7-,8-/m1/s1. The Morgan fingerprint density at radius 2 is 2.08 bits per heavy atom. The zero-order valence-corrected chi connectivity index (χ0v) is 8.06. The van der Waals surface area contributed by atoms with Gasteiger partial charge in [-0.1, -0.05) is 13.3 Å². The maximum Gasteiger partial charge on any atom is 0.288 e. The monoisotopic (exact) mass is 193 g/mol. The third kappa shape index (κ3) is 1.70. The minimum absolute atomic E-state index is 0.139. The summed E-state index contributed by atoms with van der Waals surface area (Å²) in [7, 11) is 0. The van der Waals surface area contributed by atoms with Crippen molar-refractivity contribution in [3.63, 3.8) is 0 Å². The first kappa shape index (κ1) is 10.9. The number of aliphatic hydroxyl groups is 1. The van der Waals surface area contributed by atoms with Gasteiger partial charge in [0, 0.05) is 0 Å². The SMILES string of the molecule is CC[C@@H]1C[C@H]1[C@@](C)(N)C(F)(F)CO. The van der Waals surface area contributed by atoms with E-state index >= 15 is 0 Å². The van der Waals surface area contributed by atoms with Gasteiger partial charge >= 0.3 is 0 Å². The van der Waals surface area contributed by atoms with Crippen molar-refractivity contribution in [2.24, 2.45) is 17.6 Å². The van der Waals surface area contributed by atoms with Gasteiger partial charge in [0.15, 0.2) is 0 Å². The lowest BCUT2D eigenvalue weighted by Crippen LogP contribution is -2.57. The zero-order chi connectivity index (χ0) is 10.3. The Morgan fingerprint density at radius 1 is 1.54 bits per heavy atom. The highest BCUT2D eigenvalue weighted by molar-refractivity contribution is 5.08. The number of hydrogen-bond donors (Lipinski definition) is 2. The highest BCUT2D eigenvalue weighted by atomic mass is 19.3. The van der Waals surface area contributed by atoms with Crippen LogP contribution in [0.4, 0.5) is 8.78 Å². The third-order valence-electron chi connectivity index (χ3n) is 3.20. The maximum absolute atomic E-state index is 13.2. The van der Waals surface area contributed by atoms with Gasteiger partial charge in [-0.05, 0) is 25.2 Å². The first-order valence-electron chi connectivity index (χ1n) is 4.64. The van der Waals surface area contributed by atoms with Crippen LogP contribution in [0.15, 0.2) is 0 Å². The van der Waals surface area contributed by atoms with E-state index in [9.17, 15) is 8.78 Å². The molecule has 0 unspecified atom stereocenters. The molecule has 0 heterocycles. The van der Waals surface area contributed by atoms with E-state index in [0.717, 1.165) is 12.8 Å². The first-order chi connectivity index (χ1) is 5.86. The summed E-state index contributed by atoms with van der Waals surface area (Å²) in [6, 6.07) is 0. The van der Waals surface area contributed by atoms with Gasteiger partial charge in [-0.3, -0.25) is 0 Å². The molecule has 1 saturated carbocycles. The third-order valence-corrected chi connectivity index (χ3v) is 3.20. The molecule has 4 heteroatoms.